The van der Waals surface area contributed by atoms with Crippen molar-refractivity contribution >= 4 is 23.8 Å². The molecule has 176 valence electrons. The van der Waals surface area contributed by atoms with Crippen LogP contribution in [0.1, 0.15) is 39.3 Å². The van der Waals surface area contributed by atoms with Crippen LogP contribution in [-0.4, -0.2) is 64.9 Å². The van der Waals surface area contributed by atoms with E-state index in [0.717, 1.165) is 11.3 Å². The van der Waals surface area contributed by atoms with Crippen molar-refractivity contribution in [1.82, 2.24) is 20.2 Å². The predicted molar refractivity (Wildman–Crippen MR) is 123 cm³/mol. The number of fused-ring (bicyclic) bond motifs is 1. The second kappa shape index (κ2) is 9.13. The van der Waals surface area contributed by atoms with Crippen LogP contribution in [0.2, 0.25) is 0 Å². The number of hydrogen-bond acceptors (Lipinski definition) is 7. The Balaban J connectivity index is 1.29. The second-order valence-electron chi connectivity index (χ2n) is 9.16. The molecule has 0 saturated carbocycles. The molecule has 0 spiro atoms. The summed E-state index contributed by atoms with van der Waals surface area (Å²) in [5, 5.41) is 5.73. The van der Waals surface area contributed by atoms with Crippen LogP contribution >= 0.6 is 0 Å². The van der Waals surface area contributed by atoms with Crippen molar-refractivity contribution in [1.29, 1.82) is 0 Å². The second-order valence-corrected chi connectivity index (χ2v) is 9.16. The summed E-state index contributed by atoms with van der Waals surface area (Å²) in [7, 11) is 0. The Morgan fingerprint density at radius 1 is 1.09 bits per heavy atom. The summed E-state index contributed by atoms with van der Waals surface area (Å²) < 4.78 is 11.2. The lowest BCUT2D eigenvalue weighted by Crippen LogP contribution is -2.50. The molecular formula is C23H30N6O4. The van der Waals surface area contributed by atoms with Gasteiger partial charge in [0.05, 0.1) is 24.1 Å². The molecule has 3 heterocycles. The van der Waals surface area contributed by atoms with Gasteiger partial charge >= 0.3 is 12.1 Å². The molecule has 2 N–H and O–H groups in total. The minimum atomic E-state index is -0.515. The third-order valence-electron chi connectivity index (χ3n) is 5.43. The molecule has 10 nitrogen and oxygen atoms in total. The zero-order valence-corrected chi connectivity index (χ0v) is 19.4. The van der Waals surface area contributed by atoms with Crippen molar-refractivity contribution in [3.8, 4) is 5.75 Å². The quantitative estimate of drug-likeness (QED) is 0.733. The zero-order valence-electron chi connectivity index (χ0n) is 19.4. The highest BCUT2D eigenvalue weighted by molar-refractivity contribution is 5.89. The molecule has 33 heavy (non-hydrogen) atoms. The summed E-state index contributed by atoms with van der Waals surface area (Å²) in [4.78, 5) is 37.2. The lowest BCUT2D eigenvalue weighted by atomic mass is 10.1. The number of ether oxygens (including phenoxy) is 2. The van der Waals surface area contributed by atoms with E-state index in [1.807, 2.05) is 56.9 Å². The van der Waals surface area contributed by atoms with Crippen LogP contribution in [0.15, 0.2) is 36.7 Å². The van der Waals surface area contributed by atoms with Crippen molar-refractivity contribution in [3.05, 3.63) is 42.2 Å². The molecule has 0 radical (unpaired) electrons. The molecule has 1 fully saturated rings. The number of piperazine rings is 1. The van der Waals surface area contributed by atoms with Crippen LogP contribution in [0.25, 0.3) is 0 Å². The molecule has 10 heteroatoms. The molecule has 0 bridgehead atoms. The van der Waals surface area contributed by atoms with Crippen molar-refractivity contribution in [2.75, 3.05) is 36.4 Å². The first-order valence-corrected chi connectivity index (χ1v) is 11.1. The summed E-state index contributed by atoms with van der Waals surface area (Å²) in [5.41, 5.74) is 0.930. The maximum atomic E-state index is 12.5. The lowest BCUT2D eigenvalue weighted by molar-refractivity contribution is 0.0240. The standard InChI is InChI=1S/C23H30N6O4/c1-15-19(17-7-5-6-8-18(17)32-15)27-21(30)26-16-13-24-20(25-14-16)28-9-11-29(12-10-28)22(31)33-23(2,3)4/h5-8,13-15,19H,9-12H2,1-4H3,(H2,26,27,30). The smallest absolute Gasteiger partial charge is 0.410 e. The number of nitrogens with one attached hydrogen (secondary N) is 2. The van der Waals surface area contributed by atoms with Crippen LogP contribution in [0.3, 0.4) is 0 Å². The van der Waals surface area contributed by atoms with Gasteiger partial charge in [-0.15, -0.1) is 0 Å². The van der Waals surface area contributed by atoms with E-state index >= 15 is 0 Å². The molecule has 1 aromatic heterocycles. The number of nitrogens with zero attached hydrogens (tertiary/aromatic N) is 4. The Bertz CT molecular complexity index is 999. The molecule has 2 aliphatic rings. The monoisotopic (exact) mass is 454 g/mol. The molecule has 2 atom stereocenters. The fourth-order valence-corrected chi connectivity index (χ4v) is 3.83. The molecule has 3 amide bonds. The summed E-state index contributed by atoms with van der Waals surface area (Å²) in [6.45, 7) is 9.75. The van der Waals surface area contributed by atoms with Gasteiger partial charge in [0.1, 0.15) is 17.5 Å². The molecule has 4 rings (SSSR count). The van der Waals surface area contributed by atoms with Crippen LogP contribution < -0.4 is 20.3 Å². The van der Waals surface area contributed by atoms with Gasteiger partial charge in [0.15, 0.2) is 0 Å². The van der Waals surface area contributed by atoms with E-state index in [1.165, 1.54) is 0 Å². The van der Waals surface area contributed by atoms with Gasteiger partial charge < -0.3 is 29.9 Å². The molecule has 0 aliphatic carbocycles. The molecule has 2 unspecified atom stereocenters. The Hall–Kier alpha value is -3.56. The minimum absolute atomic E-state index is 0.161. The fraction of sp³-hybridized carbons (Fsp3) is 0.478. The maximum Gasteiger partial charge on any atom is 0.410 e. The first-order chi connectivity index (χ1) is 15.7. The van der Waals surface area contributed by atoms with E-state index in [9.17, 15) is 9.59 Å². The highest BCUT2D eigenvalue weighted by atomic mass is 16.6. The third kappa shape index (κ3) is 5.44. The number of hydrogen-bond donors (Lipinski definition) is 2. The van der Waals surface area contributed by atoms with Crippen LogP contribution in [0, 0.1) is 0 Å². The number of carbonyl (C=O) groups is 2. The maximum absolute atomic E-state index is 12.5. The number of aromatic nitrogens is 2. The topological polar surface area (TPSA) is 109 Å². The molecular weight excluding hydrogens is 424 g/mol. The molecule has 2 aromatic rings. The Labute approximate surface area is 193 Å². The van der Waals surface area contributed by atoms with Gasteiger partial charge in [0.25, 0.3) is 0 Å². The van der Waals surface area contributed by atoms with E-state index in [0.29, 0.717) is 37.8 Å². The number of para-hydroxylation sites is 1. The molecule has 1 aromatic carbocycles. The van der Waals surface area contributed by atoms with Crippen LogP contribution in [0.5, 0.6) is 5.75 Å². The van der Waals surface area contributed by atoms with Crippen molar-refractivity contribution in [2.24, 2.45) is 0 Å². The third-order valence-corrected chi connectivity index (χ3v) is 5.43. The van der Waals surface area contributed by atoms with Crippen LogP contribution in [0.4, 0.5) is 21.2 Å². The largest absolute Gasteiger partial charge is 0.488 e. The van der Waals surface area contributed by atoms with Crippen LogP contribution in [-0.2, 0) is 4.74 Å². The molecule has 2 aliphatic heterocycles. The summed E-state index contributed by atoms with van der Waals surface area (Å²) >= 11 is 0. The normalized spacial score (nSPS) is 20.0. The first kappa shape index (κ1) is 22.6. The summed E-state index contributed by atoms with van der Waals surface area (Å²) in [6.07, 6.45) is 2.68. The van der Waals surface area contributed by atoms with E-state index in [-0.39, 0.29) is 24.3 Å². The van der Waals surface area contributed by atoms with Gasteiger partial charge in [0.2, 0.25) is 5.95 Å². The highest BCUT2D eigenvalue weighted by Crippen LogP contribution is 2.36. The average Bonchev–Trinajstić information content (AvgIpc) is 3.08. The fourth-order valence-electron chi connectivity index (χ4n) is 3.83. The summed E-state index contributed by atoms with van der Waals surface area (Å²) in [5.74, 6) is 1.34. The Morgan fingerprint density at radius 3 is 2.42 bits per heavy atom. The number of amides is 3. The SMILES string of the molecule is CC1Oc2ccccc2C1NC(=O)Nc1cnc(N2CCN(C(=O)OC(C)(C)C)CC2)nc1. The van der Waals surface area contributed by atoms with Gasteiger partial charge in [-0.25, -0.2) is 19.6 Å². The summed E-state index contributed by atoms with van der Waals surface area (Å²) in [6, 6.07) is 7.09. The van der Waals surface area contributed by atoms with Gasteiger partial charge in [0, 0.05) is 31.7 Å². The van der Waals surface area contributed by atoms with Gasteiger partial charge in [-0.05, 0) is 33.8 Å². The van der Waals surface area contributed by atoms with Crippen molar-refractivity contribution < 1.29 is 19.1 Å². The average molecular weight is 455 g/mol. The van der Waals surface area contributed by atoms with Crippen molar-refractivity contribution in [3.63, 3.8) is 0 Å². The van der Waals surface area contributed by atoms with Gasteiger partial charge in [-0.3, -0.25) is 0 Å². The highest BCUT2D eigenvalue weighted by Gasteiger charge is 2.32. The van der Waals surface area contributed by atoms with E-state index < -0.39 is 5.60 Å². The molecule has 1 saturated heterocycles. The van der Waals surface area contributed by atoms with E-state index in [1.54, 1.807) is 17.3 Å². The number of anilines is 2. The number of benzene rings is 1. The van der Waals surface area contributed by atoms with E-state index in [2.05, 4.69) is 20.6 Å². The number of rotatable bonds is 3. The zero-order chi connectivity index (χ0) is 23.6. The van der Waals surface area contributed by atoms with Gasteiger partial charge in [-0.2, -0.15) is 0 Å². The Morgan fingerprint density at radius 2 is 1.76 bits per heavy atom. The minimum Gasteiger partial charge on any atom is -0.488 e. The number of urea groups is 1. The van der Waals surface area contributed by atoms with E-state index in [4.69, 9.17) is 9.47 Å². The Kier molecular flexibility index (Phi) is 6.26. The predicted octanol–water partition coefficient (Wildman–Crippen LogP) is 3.18. The lowest BCUT2D eigenvalue weighted by Gasteiger charge is -2.35. The van der Waals surface area contributed by atoms with Crippen molar-refractivity contribution in [2.45, 2.75) is 45.4 Å². The van der Waals surface area contributed by atoms with Gasteiger partial charge in [-0.1, -0.05) is 18.2 Å². The number of carbonyl (C=O) groups excluding carboxylic acids is 2. The first-order valence-electron chi connectivity index (χ1n) is 11.1.